The van der Waals surface area contributed by atoms with Crippen molar-refractivity contribution in [1.29, 1.82) is 0 Å². The average Bonchev–Trinajstić information content (AvgIpc) is 3.12. The van der Waals surface area contributed by atoms with Crippen LogP contribution in [0.25, 0.3) is 11.4 Å². The molecule has 0 bridgehead atoms. The molecule has 3 aromatic rings. The van der Waals surface area contributed by atoms with Gasteiger partial charge in [-0.05, 0) is 50.1 Å². The highest BCUT2D eigenvalue weighted by Crippen LogP contribution is 2.20. The van der Waals surface area contributed by atoms with Gasteiger partial charge in [0.25, 0.3) is 0 Å². The van der Waals surface area contributed by atoms with E-state index in [2.05, 4.69) is 52.0 Å². The number of aryl methyl sites for hydroxylation is 1. The second-order valence-electron chi connectivity index (χ2n) is 6.66. The van der Waals surface area contributed by atoms with Gasteiger partial charge < -0.3 is 15.2 Å². The highest BCUT2D eigenvalue weighted by Gasteiger charge is 2.10. The van der Waals surface area contributed by atoms with Crippen molar-refractivity contribution >= 4 is 11.7 Å². The number of nitrogens with zero attached hydrogens (tertiary/aromatic N) is 2. The molecule has 1 atom stereocenters. The first kappa shape index (κ1) is 18.6. The van der Waals surface area contributed by atoms with Crippen molar-refractivity contribution in [2.75, 3.05) is 5.32 Å². The summed E-state index contributed by atoms with van der Waals surface area (Å²) in [5.74, 6) is 1.11. The van der Waals surface area contributed by atoms with Gasteiger partial charge in [0.1, 0.15) is 0 Å². The Morgan fingerprint density at radius 2 is 1.81 bits per heavy atom. The largest absolute Gasteiger partial charge is 0.339 e. The van der Waals surface area contributed by atoms with E-state index in [0.29, 0.717) is 23.8 Å². The number of nitrogens with one attached hydrogen (secondary N) is 2. The zero-order chi connectivity index (χ0) is 19.2. The summed E-state index contributed by atoms with van der Waals surface area (Å²) < 4.78 is 5.36. The van der Waals surface area contributed by atoms with E-state index in [1.165, 1.54) is 5.56 Å². The van der Waals surface area contributed by atoms with Crippen LogP contribution < -0.4 is 10.6 Å². The zero-order valence-electron chi connectivity index (χ0n) is 15.8. The third kappa shape index (κ3) is 5.17. The van der Waals surface area contributed by atoms with Gasteiger partial charge in [0.05, 0.1) is 6.42 Å². The fraction of sp³-hybridized carbons (Fsp3) is 0.286. The molecule has 0 aliphatic heterocycles. The second-order valence-corrected chi connectivity index (χ2v) is 6.66. The van der Waals surface area contributed by atoms with Crippen LogP contribution in [-0.2, 0) is 6.42 Å². The van der Waals surface area contributed by atoms with E-state index < -0.39 is 0 Å². The molecule has 3 rings (SSSR count). The first-order valence-electron chi connectivity index (χ1n) is 9.09. The highest BCUT2D eigenvalue weighted by molar-refractivity contribution is 5.89. The molecule has 0 unspecified atom stereocenters. The van der Waals surface area contributed by atoms with Crippen molar-refractivity contribution in [3.05, 3.63) is 65.5 Å². The minimum atomic E-state index is -0.211. The van der Waals surface area contributed by atoms with Crippen LogP contribution in [0.2, 0.25) is 0 Å². The van der Waals surface area contributed by atoms with E-state index >= 15 is 0 Å². The normalized spacial score (nSPS) is 11.8. The van der Waals surface area contributed by atoms with Crippen molar-refractivity contribution in [2.45, 2.75) is 39.7 Å². The van der Waals surface area contributed by atoms with Crippen LogP contribution in [0.15, 0.2) is 53.1 Å². The third-order valence-corrected chi connectivity index (χ3v) is 4.33. The molecule has 2 amide bonds. The van der Waals surface area contributed by atoms with E-state index in [1.807, 2.05) is 38.1 Å². The van der Waals surface area contributed by atoms with E-state index in [9.17, 15) is 4.79 Å². The Hall–Kier alpha value is -3.15. The fourth-order valence-electron chi connectivity index (χ4n) is 2.52. The molecular weight excluding hydrogens is 340 g/mol. The molecule has 140 valence electrons. The summed E-state index contributed by atoms with van der Waals surface area (Å²) in [7, 11) is 0. The molecule has 1 aromatic heterocycles. The van der Waals surface area contributed by atoms with Crippen molar-refractivity contribution in [3.8, 4) is 11.4 Å². The number of rotatable bonds is 6. The van der Waals surface area contributed by atoms with Gasteiger partial charge in [-0.2, -0.15) is 4.98 Å². The molecule has 0 spiro atoms. The van der Waals surface area contributed by atoms with Crippen molar-refractivity contribution in [3.63, 3.8) is 0 Å². The summed E-state index contributed by atoms with van der Waals surface area (Å²) in [4.78, 5) is 16.3. The molecular formula is C21H24N4O2. The van der Waals surface area contributed by atoms with Crippen LogP contribution in [0.4, 0.5) is 10.5 Å². The average molecular weight is 364 g/mol. The number of benzene rings is 2. The maximum Gasteiger partial charge on any atom is 0.319 e. The summed E-state index contributed by atoms with van der Waals surface area (Å²) >= 11 is 0. The van der Waals surface area contributed by atoms with Crippen LogP contribution in [0.5, 0.6) is 0 Å². The standard InChI is InChI=1S/C21H24N4O2/c1-4-15(3)22-21(26)23-18-11-9-17(10-12-18)20-24-19(27-25-20)13-16-7-5-14(2)6-8-16/h5-12,15H,4,13H2,1-3H3,(H2,22,23,26)/t15-/m1/s1. The number of anilines is 1. The predicted molar refractivity (Wildman–Crippen MR) is 106 cm³/mol. The Labute approximate surface area is 159 Å². The monoisotopic (exact) mass is 364 g/mol. The lowest BCUT2D eigenvalue weighted by atomic mass is 10.1. The smallest absolute Gasteiger partial charge is 0.319 e. The van der Waals surface area contributed by atoms with Gasteiger partial charge in [-0.1, -0.05) is 41.9 Å². The summed E-state index contributed by atoms with van der Waals surface area (Å²) in [5, 5.41) is 9.73. The summed E-state index contributed by atoms with van der Waals surface area (Å²) in [6.07, 6.45) is 1.48. The molecule has 0 aliphatic rings. The Morgan fingerprint density at radius 3 is 2.48 bits per heavy atom. The van der Waals surface area contributed by atoms with Gasteiger partial charge in [0, 0.05) is 17.3 Å². The van der Waals surface area contributed by atoms with Gasteiger partial charge in [-0.25, -0.2) is 4.79 Å². The lowest BCUT2D eigenvalue weighted by Gasteiger charge is -2.12. The lowest BCUT2D eigenvalue weighted by Crippen LogP contribution is -2.35. The van der Waals surface area contributed by atoms with Gasteiger partial charge in [0.15, 0.2) is 0 Å². The Morgan fingerprint density at radius 1 is 1.11 bits per heavy atom. The number of hydrogen-bond acceptors (Lipinski definition) is 4. The van der Waals surface area contributed by atoms with E-state index in [-0.39, 0.29) is 12.1 Å². The number of carbonyl (C=O) groups is 1. The van der Waals surface area contributed by atoms with Gasteiger partial charge in [-0.15, -0.1) is 0 Å². The third-order valence-electron chi connectivity index (χ3n) is 4.33. The number of carbonyl (C=O) groups excluding carboxylic acids is 1. The van der Waals surface area contributed by atoms with Crippen molar-refractivity contribution < 1.29 is 9.32 Å². The quantitative estimate of drug-likeness (QED) is 0.672. The van der Waals surface area contributed by atoms with Crippen LogP contribution in [-0.4, -0.2) is 22.2 Å². The summed E-state index contributed by atoms with van der Waals surface area (Å²) in [6, 6.07) is 15.5. The molecule has 2 N–H and O–H groups in total. The van der Waals surface area contributed by atoms with E-state index in [0.717, 1.165) is 17.5 Å². The highest BCUT2D eigenvalue weighted by atomic mass is 16.5. The van der Waals surface area contributed by atoms with Gasteiger partial charge in [0.2, 0.25) is 11.7 Å². The zero-order valence-corrected chi connectivity index (χ0v) is 15.8. The Balaban J connectivity index is 1.63. The molecule has 0 saturated heterocycles. The van der Waals surface area contributed by atoms with Crippen LogP contribution in [0, 0.1) is 6.92 Å². The van der Waals surface area contributed by atoms with E-state index in [4.69, 9.17) is 4.52 Å². The molecule has 0 saturated carbocycles. The first-order valence-corrected chi connectivity index (χ1v) is 9.09. The topological polar surface area (TPSA) is 80.0 Å². The SMILES string of the molecule is CC[C@@H](C)NC(=O)Nc1ccc(-c2noc(Cc3ccc(C)cc3)n2)cc1. The fourth-order valence-corrected chi connectivity index (χ4v) is 2.52. The number of urea groups is 1. The minimum Gasteiger partial charge on any atom is -0.339 e. The van der Waals surface area contributed by atoms with Crippen LogP contribution in [0.1, 0.15) is 37.3 Å². The Kier molecular flexibility index (Phi) is 5.86. The second kappa shape index (κ2) is 8.49. The first-order chi connectivity index (χ1) is 13.0. The number of hydrogen-bond donors (Lipinski definition) is 2. The Bertz CT molecular complexity index is 885. The molecule has 27 heavy (non-hydrogen) atoms. The molecule has 1 heterocycles. The molecule has 0 radical (unpaired) electrons. The van der Waals surface area contributed by atoms with Crippen molar-refractivity contribution in [1.82, 2.24) is 15.5 Å². The molecule has 0 aliphatic carbocycles. The lowest BCUT2D eigenvalue weighted by molar-refractivity contribution is 0.249. The maximum atomic E-state index is 11.9. The summed E-state index contributed by atoms with van der Waals surface area (Å²) in [5.41, 5.74) is 3.89. The molecule has 6 nitrogen and oxygen atoms in total. The summed E-state index contributed by atoms with van der Waals surface area (Å²) in [6.45, 7) is 6.05. The van der Waals surface area contributed by atoms with Crippen molar-refractivity contribution in [2.24, 2.45) is 0 Å². The molecule has 2 aromatic carbocycles. The van der Waals surface area contributed by atoms with Gasteiger partial charge >= 0.3 is 6.03 Å². The van der Waals surface area contributed by atoms with Crippen LogP contribution in [0.3, 0.4) is 0 Å². The van der Waals surface area contributed by atoms with Gasteiger partial charge in [-0.3, -0.25) is 0 Å². The molecule has 6 heteroatoms. The van der Waals surface area contributed by atoms with Crippen LogP contribution >= 0.6 is 0 Å². The molecule has 0 fully saturated rings. The maximum absolute atomic E-state index is 11.9. The predicted octanol–water partition coefficient (Wildman–Crippen LogP) is 4.56. The number of amides is 2. The van der Waals surface area contributed by atoms with E-state index in [1.54, 1.807) is 0 Å². The minimum absolute atomic E-state index is 0.135. The number of aromatic nitrogens is 2.